The Hall–Kier alpha value is -3.56. The molecule has 32 heavy (non-hydrogen) atoms. The van der Waals surface area contributed by atoms with Gasteiger partial charge in [0.25, 0.3) is 0 Å². The summed E-state index contributed by atoms with van der Waals surface area (Å²) in [7, 11) is 0. The summed E-state index contributed by atoms with van der Waals surface area (Å²) in [5.74, 6) is 2.05. The van der Waals surface area contributed by atoms with Crippen LogP contribution in [0.25, 0.3) is 17.4 Å². The summed E-state index contributed by atoms with van der Waals surface area (Å²) in [5.41, 5.74) is 5.82. The second-order valence-corrected chi connectivity index (χ2v) is 8.41. The van der Waals surface area contributed by atoms with Gasteiger partial charge in [0.2, 0.25) is 0 Å². The second-order valence-electron chi connectivity index (χ2n) is 8.41. The van der Waals surface area contributed by atoms with E-state index in [0.717, 1.165) is 42.0 Å². The zero-order valence-corrected chi connectivity index (χ0v) is 17.9. The van der Waals surface area contributed by atoms with E-state index < -0.39 is 0 Å². The molecule has 0 bridgehead atoms. The van der Waals surface area contributed by atoms with Crippen LogP contribution in [-0.2, 0) is 11.3 Å². The lowest BCUT2D eigenvalue weighted by Crippen LogP contribution is -2.36. The highest BCUT2D eigenvalue weighted by Gasteiger charge is 2.41. The highest BCUT2D eigenvalue weighted by Crippen LogP contribution is 2.51. The topological polar surface area (TPSA) is 25.6 Å². The van der Waals surface area contributed by atoms with Gasteiger partial charge >= 0.3 is 0 Å². The summed E-state index contributed by atoms with van der Waals surface area (Å²) in [6.07, 6.45) is 7.50. The van der Waals surface area contributed by atoms with Crippen LogP contribution in [0.1, 0.15) is 47.4 Å². The molecule has 0 saturated heterocycles. The number of nitrogens with zero attached hydrogens (tertiary/aromatic N) is 1. The minimum absolute atomic E-state index is 0.0246. The van der Waals surface area contributed by atoms with E-state index in [9.17, 15) is 0 Å². The van der Waals surface area contributed by atoms with Gasteiger partial charge in [-0.2, -0.15) is 0 Å². The van der Waals surface area contributed by atoms with Crippen LogP contribution in [0.2, 0.25) is 0 Å². The van der Waals surface area contributed by atoms with Crippen molar-refractivity contribution in [1.82, 2.24) is 0 Å². The van der Waals surface area contributed by atoms with Crippen molar-refractivity contribution in [2.75, 3.05) is 5.06 Å². The van der Waals surface area contributed by atoms with Gasteiger partial charge < -0.3 is 4.42 Å². The van der Waals surface area contributed by atoms with Gasteiger partial charge in [-0.05, 0) is 30.5 Å². The van der Waals surface area contributed by atoms with E-state index in [4.69, 9.17) is 9.25 Å². The molecule has 2 atom stereocenters. The Morgan fingerprint density at radius 3 is 2.22 bits per heavy atom. The summed E-state index contributed by atoms with van der Waals surface area (Å²) in [6, 6.07) is 31.2. The van der Waals surface area contributed by atoms with E-state index in [1.165, 1.54) is 16.7 Å². The average molecular weight is 420 g/mol. The first-order valence-corrected chi connectivity index (χ1v) is 11.3. The molecular formula is C29H25NO2. The molecule has 3 aromatic carbocycles. The molecule has 0 amide bonds. The summed E-state index contributed by atoms with van der Waals surface area (Å²) >= 11 is 0. The van der Waals surface area contributed by atoms with Gasteiger partial charge in [-0.25, -0.2) is 5.06 Å². The molecule has 1 aromatic heterocycles. The van der Waals surface area contributed by atoms with Gasteiger partial charge in [0.05, 0.1) is 5.69 Å². The van der Waals surface area contributed by atoms with Crippen molar-refractivity contribution < 1.29 is 9.25 Å². The fraction of sp³-hybridized carbons (Fsp3) is 0.172. The smallest absolute Gasteiger partial charge is 0.140 e. The molecule has 3 nitrogen and oxygen atoms in total. The molecule has 0 saturated carbocycles. The largest absolute Gasteiger partial charge is 0.460 e. The molecule has 0 spiro atoms. The number of hydrogen-bond acceptors (Lipinski definition) is 3. The summed E-state index contributed by atoms with van der Waals surface area (Å²) < 4.78 is 6.55. The molecule has 0 radical (unpaired) electrons. The third-order valence-electron chi connectivity index (χ3n) is 6.36. The maximum absolute atomic E-state index is 6.65. The number of hydroxylamine groups is 1. The number of rotatable bonds is 4. The molecule has 0 unspecified atom stereocenters. The van der Waals surface area contributed by atoms with E-state index in [-0.39, 0.29) is 12.1 Å². The Bertz CT molecular complexity index is 1230. The van der Waals surface area contributed by atoms with Gasteiger partial charge in [-0.1, -0.05) is 91.0 Å². The first-order valence-electron chi connectivity index (χ1n) is 11.3. The molecule has 1 aliphatic carbocycles. The zero-order valence-electron chi connectivity index (χ0n) is 17.9. The van der Waals surface area contributed by atoms with Crippen LogP contribution in [-0.4, -0.2) is 0 Å². The second kappa shape index (κ2) is 8.18. The molecule has 6 rings (SSSR count). The molecule has 2 aliphatic rings. The van der Waals surface area contributed by atoms with Crippen molar-refractivity contribution in [3.63, 3.8) is 0 Å². The predicted molar refractivity (Wildman–Crippen MR) is 128 cm³/mol. The predicted octanol–water partition coefficient (Wildman–Crippen LogP) is 7.53. The van der Waals surface area contributed by atoms with Crippen LogP contribution in [0.3, 0.4) is 0 Å². The average Bonchev–Trinajstić information content (AvgIpc) is 3.26. The number of aryl methyl sites for hydroxylation is 1. The number of para-hydroxylation sites is 1. The normalized spacial score (nSPS) is 19.8. The monoisotopic (exact) mass is 419 g/mol. The maximum atomic E-state index is 6.65. The molecule has 0 N–H and O–H groups in total. The van der Waals surface area contributed by atoms with Gasteiger partial charge in [0.1, 0.15) is 23.7 Å². The lowest BCUT2D eigenvalue weighted by molar-refractivity contribution is -0.00239. The molecule has 158 valence electrons. The van der Waals surface area contributed by atoms with Crippen LogP contribution in [0.15, 0.2) is 101 Å². The van der Waals surface area contributed by atoms with Crippen LogP contribution in [0.4, 0.5) is 5.69 Å². The van der Waals surface area contributed by atoms with Gasteiger partial charge in [-0.3, -0.25) is 4.84 Å². The maximum Gasteiger partial charge on any atom is 0.140 e. The SMILES string of the molecule is C(=C\[C@H]1c2c(-c3ccccc3)oc3c2[C@@H](CCC3)ON1c1ccccc1)/c1ccccc1. The fourth-order valence-corrected chi connectivity index (χ4v) is 4.90. The van der Waals surface area contributed by atoms with Crippen LogP contribution in [0, 0.1) is 0 Å². The van der Waals surface area contributed by atoms with Crippen molar-refractivity contribution in [3.8, 4) is 11.3 Å². The Morgan fingerprint density at radius 2 is 1.47 bits per heavy atom. The Balaban J connectivity index is 1.55. The Labute approximate surface area is 188 Å². The van der Waals surface area contributed by atoms with E-state index in [1.54, 1.807) is 0 Å². The Kier molecular flexibility index (Phi) is 4.89. The van der Waals surface area contributed by atoms with Crippen LogP contribution in [0.5, 0.6) is 0 Å². The molecule has 2 heterocycles. The summed E-state index contributed by atoms with van der Waals surface area (Å²) in [4.78, 5) is 6.65. The van der Waals surface area contributed by atoms with Gasteiger partial charge in [-0.15, -0.1) is 0 Å². The number of furan rings is 1. The number of hydrogen-bond donors (Lipinski definition) is 0. The number of anilines is 1. The highest BCUT2D eigenvalue weighted by atomic mass is 16.7. The van der Waals surface area contributed by atoms with Crippen molar-refractivity contribution in [2.45, 2.75) is 31.4 Å². The minimum Gasteiger partial charge on any atom is -0.460 e. The van der Waals surface area contributed by atoms with Gasteiger partial charge in [0, 0.05) is 23.1 Å². The molecule has 3 heteroatoms. The van der Waals surface area contributed by atoms with Crippen molar-refractivity contribution in [1.29, 1.82) is 0 Å². The van der Waals surface area contributed by atoms with E-state index >= 15 is 0 Å². The molecule has 4 aromatic rings. The van der Waals surface area contributed by atoms with Crippen molar-refractivity contribution in [3.05, 3.63) is 120 Å². The summed E-state index contributed by atoms with van der Waals surface area (Å²) in [5, 5.41) is 2.07. The fourth-order valence-electron chi connectivity index (χ4n) is 4.90. The van der Waals surface area contributed by atoms with Gasteiger partial charge in [0.15, 0.2) is 0 Å². The van der Waals surface area contributed by atoms with E-state index in [2.05, 4.69) is 90.0 Å². The van der Waals surface area contributed by atoms with Crippen molar-refractivity contribution in [2.24, 2.45) is 0 Å². The first kappa shape index (κ1) is 19.1. The standard InChI is InChI=1S/C29H25NO2/c1-4-11-21(12-5-1)19-20-24-27-28-25(31-29(27)22-13-6-2-7-14-22)17-10-18-26(28)32-30(24)23-15-8-3-9-16-23/h1-9,11-16,19-20,24,26H,10,17-18H2/b20-19+/t24-,26+/m0/s1. The van der Waals surface area contributed by atoms with Crippen LogP contribution >= 0.6 is 0 Å². The summed E-state index contributed by atoms with van der Waals surface area (Å²) in [6.45, 7) is 0. The molecule has 1 aliphatic heterocycles. The minimum atomic E-state index is -0.0883. The van der Waals surface area contributed by atoms with E-state index in [1.807, 2.05) is 18.2 Å². The zero-order chi connectivity index (χ0) is 21.3. The van der Waals surface area contributed by atoms with Crippen LogP contribution < -0.4 is 5.06 Å². The quantitative estimate of drug-likeness (QED) is 0.342. The lowest BCUT2D eigenvalue weighted by Gasteiger charge is -2.40. The molecular weight excluding hydrogens is 394 g/mol. The lowest BCUT2D eigenvalue weighted by atomic mass is 9.86. The third-order valence-corrected chi connectivity index (χ3v) is 6.36. The Morgan fingerprint density at radius 1 is 0.781 bits per heavy atom. The van der Waals surface area contributed by atoms with Crippen molar-refractivity contribution >= 4 is 11.8 Å². The first-order chi connectivity index (χ1) is 15.9. The third kappa shape index (κ3) is 3.35. The number of benzene rings is 3. The van der Waals surface area contributed by atoms with E-state index in [0.29, 0.717) is 0 Å². The highest BCUT2D eigenvalue weighted by molar-refractivity contribution is 5.69. The molecule has 0 fully saturated rings.